The minimum atomic E-state index is 0.452. The SMILES string of the molecule is [c]1ccn(OCc2nccs2)n1. The van der Waals surface area contributed by atoms with Gasteiger partial charge in [0, 0.05) is 11.6 Å². The van der Waals surface area contributed by atoms with Crippen molar-refractivity contribution in [3.63, 3.8) is 0 Å². The van der Waals surface area contributed by atoms with Gasteiger partial charge in [-0.25, -0.2) is 4.98 Å². The third-order valence-corrected chi connectivity index (χ3v) is 1.99. The molecule has 61 valence electrons. The summed E-state index contributed by atoms with van der Waals surface area (Å²) in [5.74, 6) is 0. The first-order valence-corrected chi connectivity index (χ1v) is 4.26. The van der Waals surface area contributed by atoms with Crippen LogP contribution in [0.4, 0.5) is 0 Å². The van der Waals surface area contributed by atoms with Gasteiger partial charge in [0.05, 0.1) is 6.20 Å². The van der Waals surface area contributed by atoms with Crippen LogP contribution in [-0.4, -0.2) is 14.9 Å². The maximum atomic E-state index is 5.21. The van der Waals surface area contributed by atoms with E-state index in [9.17, 15) is 0 Å². The fraction of sp³-hybridized carbons (Fsp3) is 0.143. The molecule has 0 aliphatic carbocycles. The molecule has 2 aromatic heterocycles. The lowest BCUT2D eigenvalue weighted by Gasteiger charge is -2.00. The molecular formula is C7H6N3OS. The van der Waals surface area contributed by atoms with E-state index in [1.165, 1.54) is 4.85 Å². The average Bonchev–Trinajstić information content (AvgIpc) is 2.74. The van der Waals surface area contributed by atoms with Crippen LogP contribution in [0.15, 0.2) is 23.8 Å². The third kappa shape index (κ3) is 1.62. The standard InChI is InChI=1S/C7H6N3OS/c1-2-9-10(4-1)11-6-7-8-3-5-12-7/h1,3-5H,6H2. The van der Waals surface area contributed by atoms with E-state index in [-0.39, 0.29) is 0 Å². The molecule has 0 unspecified atom stereocenters. The van der Waals surface area contributed by atoms with Crippen LogP contribution >= 0.6 is 11.3 Å². The van der Waals surface area contributed by atoms with Crippen molar-refractivity contribution in [1.29, 1.82) is 0 Å². The molecule has 0 spiro atoms. The number of thiazole rings is 1. The molecule has 5 heteroatoms. The highest BCUT2D eigenvalue weighted by atomic mass is 32.1. The predicted molar refractivity (Wildman–Crippen MR) is 43.5 cm³/mol. The van der Waals surface area contributed by atoms with Crippen molar-refractivity contribution in [3.8, 4) is 0 Å². The Kier molecular flexibility index (Phi) is 2.04. The summed E-state index contributed by atoms with van der Waals surface area (Å²) >= 11 is 1.56. The van der Waals surface area contributed by atoms with Crippen molar-refractivity contribution in [2.24, 2.45) is 0 Å². The van der Waals surface area contributed by atoms with Crippen LogP contribution in [-0.2, 0) is 6.61 Å². The van der Waals surface area contributed by atoms with Crippen LogP contribution in [0.25, 0.3) is 0 Å². The molecule has 0 aliphatic heterocycles. The Labute approximate surface area is 73.4 Å². The predicted octanol–water partition coefficient (Wildman–Crippen LogP) is 0.769. The van der Waals surface area contributed by atoms with Crippen molar-refractivity contribution in [1.82, 2.24) is 14.9 Å². The van der Waals surface area contributed by atoms with Crippen LogP contribution in [0.2, 0.25) is 0 Å². The van der Waals surface area contributed by atoms with Crippen molar-refractivity contribution < 1.29 is 4.84 Å². The topological polar surface area (TPSA) is 39.9 Å². The molecule has 0 N–H and O–H groups in total. The molecule has 0 saturated carbocycles. The van der Waals surface area contributed by atoms with Gasteiger partial charge in [-0.1, -0.05) is 0 Å². The normalized spacial score (nSPS) is 10.0. The van der Waals surface area contributed by atoms with Crippen molar-refractivity contribution in [3.05, 3.63) is 35.0 Å². The van der Waals surface area contributed by atoms with E-state index in [4.69, 9.17) is 4.84 Å². The zero-order valence-corrected chi connectivity index (χ0v) is 6.99. The molecule has 0 atom stereocenters. The van der Waals surface area contributed by atoms with Gasteiger partial charge >= 0.3 is 0 Å². The van der Waals surface area contributed by atoms with E-state index in [1.807, 2.05) is 5.38 Å². The monoisotopic (exact) mass is 180 g/mol. The van der Waals surface area contributed by atoms with Crippen molar-refractivity contribution >= 4 is 11.3 Å². The summed E-state index contributed by atoms with van der Waals surface area (Å²) in [7, 11) is 0. The Bertz CT molecular complexity index is 282. The molecule has 2 rings (SSSR count). The number of aromatic nitrogens is 3. The molecule has 1 radical (unpaired) electrons. The Morgan fingerprint density at radius 1 is 1.67 bits per heavy atom. The number of hydrogen-bond donors (Lipinski definition) is 0. The fourth-order valence-electron chi connectivity index (χ4n) is 0.738. The van der Waals surface area contributed by atoms with Gasteiger partial charge in [0.1, 0.15) is 11.2 Å². The second-order valence-electron chi connectivity index (χ2n) is 2.05. The highest BCUT2D eigenvalue weighted by Crippen LogP contribution is 2.03. The molecule has 12 heavy (non-hydrogen) atoms. The molecule has 4 nitrogen and oxygen atoms in total. The summed E-state index contributed by atoms with van der Waals surface area (Å²) in [6.45, 7) is 0.452. The summed E-state index contributed by atoms with van der Waals surface area (Å²) in [6.07, 6.45) is 6.07. The highest BCUT2D eigenvalue weighted by molar-refractivity contribution is 7.09. The van der Waals surface area contributed by atoms with Crippen LogP contribution < -0.4 is 4.84 Å². The number of hydrogen-bond acceptors (Lipinski definition) is 4. The van der Waals surface area contributed by atoms with Crippen molar-refractivity contribution in [2.75, 3.05) is 0 Å². The quantitative estimate of drug-likeness (QED) is 0.700. The van der Waals surface area contributed by atoms with Gasteiger partial charge in [-0.05, 0) is 6.07 Å². The van der Waals surface area contributed by atoms with Gasteiger partial charge < -0.3 is 4.84 Å². The molecule has 0 aliphatic rings. The van der Waals surface area contributed by atoms with Crippen LogP contribution in [0.1, 0.15) is 5.01 Å². The molecule has 0 aromatic carbocycles. The molecule has 0 saturated heterocycles. The summed E-state index contributed by atoms with van der Waals surface area (Å²) in [6, 6.07) is 1.68. The van der Waals surface area contributed by atoms with E-state index in [2.05, 4.69) is 16.3 Å². The largest absolute Gasteiger partial charge is 0.389 e. The lowest BCUT2D eigenvalue weighted by molar-refractivity contribution is 0.0697. The Hall–Kier alpha value is -1.36. The lowest BCUT2D eigenvalue weighted by Crippen LogP contribution is -2.10. The molecule has 0 bridgehead atoms. The average molecular weight is 180 g/mol. The smallest absolute Gasteiger partial charge is 0.168 e. The van der Waals surface area contributed by atoms with Crippen LogP contribution in [0.3, 0.4) is 0 Å². The van der Waals surface area contributed by atoms with E-state index >= 15 is 0 Å². The lowest BCUT2D eigenvalue weighted by atomic mass is 10.7. The van der Waals surface area contributed by atoms with Crippen LogP contribution in [0.5, 0.6) is 0 Å². The Balaban J connectivity index is 1.91. The van der Waals surface area contributed by atoms with E-state index in [0.29, 0.717) is 6.61 Å². The van der Waals surface area contributed by atoms with Gasteiger partial charge in [-0.15, -0.1) is 21.3 Å². The second kappa shape index (κ2) is 3.36. The molecule has 0 fully saturated rings. The number of nitrogens with zero attached hydrogens (tertiary/aromatic N) is 3. The first-order valence-electron chi connectivity index (χ1n) is 3.38. The zero-order valence-electron chi connectivity index (χ0n) is 6.17. The van der Waals surface area contributed by atoms with Gasteiger partial charge in [0.25, 0.3) is 0 Å². The number of rotatable bonds is 3. The van der Waals surface area contributed by atoms with Crippen molar-refractivity contribution in [2.45, 2.75) is 6.61 Å². The molecule has 2 aromatic rings. The summed E-state index contributed by atoms with van der Waals surface area (Å²) < 4.78 is 0. The van der Waals surface area contributed by atoms with Gasteiger partial charge in [0.2, 0.25) is 0 Å². The second-order valence-corrected chi connectivity index (χ2v) is 3.03. The highest BCUT2D eigenvalue weighted by Gasteiger charge is 1.95. The Morgan fingerprint density at radius 2 is 2.67 bits per heavy atom. The maximum Gasteiger partial charge on any atom is 0.168 e. The third-order valence-electron chi connectivity index (χ3n) is 1.24. The van der Waals surface area contributed by atoms with E-state index < -0.39 is 0 Å². The minimum absolute atomic E-state index is 0.452. The van der Waals surface area contributed by atoms with E-state index in [0.717, 1.165) is 5.01 Å². The van der Waals surface area contributed by atoms with Gasteiger partial charge in [0.15, 0.2) is 6.61 Å². The first-order chi connectivity index (χ1) is 5.95. The van der Waals surface area contributed by atoms with E-state index in [1.54, 1.807) is 29.8 Å². The Morgan fingerprint density at radius 3 is 3.33 bits per heavy atom. The fourth-order valence-corrected chi connectivity index (χ4v) is 1.26. The van der Waals surface area contributed by atoms with Crippen LogP contribution in [0, 0.1) is 6.20 Å². The molecular weight excluding hydrogens is 174 g/mol. The zero-order chi connectivity index (χ0) is 8.23. The molecule has 2 heterocycles. The summed E-state index contributed by atoms with van der Waals surface area (Å²) in [5.41, 5.74) is 0. The minimum Gasteiger partial charge on any atom is -0.389 e. The molecule has 0 amide bonds. The van der Waals surface area contributed by atoms with Gasteiger partial charge in [-0.3, -0.25) is 0 Å². The summed E-state index contributed by atoms with van der Waals surface area (Å²) in [4.78, 5) is 10.6. The maximum absolute atomic E-state index is 5.21. The summed E-state index contributed by atoms with van der Waals surface area (Å²) in [5, 5.41) is 6.61. The van der Waals surface area contributed by atoms with Gasteiger partial charge in [-0.2, -0.15) is 0 Å². The first kappa shape index (κ1) is 7.30.